The standard InChI is InChI=1S/C15H16BrNO2/c1-18-11-5-4-6-12(9-11)19-15(10-17)13-7-2-3-8-14(13)16/h2-9,15H,10,17H2,1H3. The molecule has 1 atom stereocenters. The number of rotatable bonds is 5. The summed E-state index contributed by atoms with van der Waals surface area (Å²) in [6.45, 7) is 0.403. The van der Waals surface area contributed by atoms with Crippen LogP contribution in [0.25, 0.3) is 0 Å². The molecule has 2 aromatic rings. The zero-order chi connectivity index (χ0) is 13.7. The van der Waals surface area contributed by atoms with Gasteiger partial charge in [0.25, 0.3) is 0 Å². The van der Waals surface area contributed by atoms with Crippen LogP contribution in [0.5, 0.6) is 11.5 Å². The van der Waals surface area contributed by atoms with Crippen LogP contribution in [0.15, 0.2) is 53.0 Å². The summed E-state index contributed by atoms with van der Waals surface area (Å²) in [6, 6.07) is 15.4. The van der Waals surface area contributed by atoms with Gasteiger partial charge in [0.05, 0.1) is 7.11 Å². The number of hydrogen-bond acceptors (Lipinski definition) is 3. The van der Waals surface area contributed by atoms with Gasteiger partial charge in [-0.3, -0.25) is 0 Å². The Morgan fingerprint density at radius 2 is 1.84 bits per heavy atom. The summed E-state index contributed by atoms with van der Waals surface area (Å²) in [5.41, 5.74) is 6.85. The van der Waals surface area contributed by atoms with Gasteiger partial charge >= 0.3 is 0 Å². The van der Waals surface area contributed by atoms with E-state index in [-0.39, 0.29) is 6.10 Å². The summed E-state index contributed by atoms with van der Waals surface area (Å²) in [6.07, 6.45) is -0.192. The van der Waals surface area contributed by atoms with E-state index in [1.165, 1.54) is 0 Å². The summed E-state index contributed by atoms with van der Waals surface area (Å²) in [4.78, 5) is 0. The lowest BCUT2D eigenvalue weighted by atomic mass is 10.1. The first-order chi connectivity index (χ1) is 9.24. The van der Waals surface area contributed by atoms with Gasteiger partial charge in [-0.15, -0.1) is 0 Å². The molecule has 3 nitrogen and oxygen atoms in total. The fraction of sp³-hybridized carbons (Fsp3) is 0.200. The van der Waals surface area contributed by atoms with Crippen molar-refractivity contribution in [3.63, 3.8) is 0 Å². The van der Waals surface area contributed by atoms with Crippen LogP contribution in [0, 0.1) is 0 Å². The molecule has 0 radical (unpaired) electrons. The SMILES string of the molecule is COc1cccc(OC(CN)c2ccccc2Br)c1. The smallest absolute Gasteiger partial charge is 0.137 e. The Morgan fingerprint density at radius 3 is 2.53 bits per heavy atom. The first-order valence-electron chi connectivity index (χ1n) is 6.00. The normalized spacial score (nSPS) is 11.9. The quantitative estimate of drug-likeness (QED) is 0.916. The van der Waals surface area contributed by atoms with Crippen LogP contribution in [-0.2, 0) is 0 Å². The number of nitrogens with two attached hydrogens (primary N) is 1. The number of hydrogen-bond donors (Lipinski definition) is 1. The molecular formula is C15H16BrNO2. The van der Waals surface area contributed by atoms with Crippen molar-refractivity contribution in [2.75, 3.05) is 13.7 Å². The third-order valence-corrected chi connectivity index (χ3v) is 3.51. The van der Waals surface area contributed by atoms with Crippen LogP contribution in [0.3, 0.4) is 0 Å². The van der Waals surface area contributed by atoms with Crippen molar-refractivity contribution in [3.05, 3.63) is 58.6 Å². The van der Waals surface area contributed by atoms with E-state index < -0.39 is 0 Å². The van der Waals surface area contributed by atoms with Gasteiger partial charge in [0.1, 0.15) is 17.6 Å². The third kappa shape index (κ3) is 3.49. The van der Waals surface area contributed by atoms with Crippen LogP contribution >= 0.6 is 15.9 Å². The molecule has 2 aromatic carbocycles. The lowest BCUT2D eigenvalue weighted by Gasteiger charge is -2.19. The van der Waals surface area contributed by atoms with E-state index in [4.69, 9.17) is 15.2 Å². The molecule has 19 heavy (non-hydrogen) atoms. The van der Waals surface area contributed by atoms with Crippen molar-refractivity contribution in [1.29, 1.82) is 0 Å². The predicted octanol–water partition coefficient (Wildman–Crippen LogP) is 3.54. The summed E-state index contributed by atoms with van der Waals surface area (Å²) >= 11 is 3.52. The second kappa shape index (κ2) is 6.59. The molecule has 0 saturated heterocycles. The van der Waals surface area contributed by atoms with E-state index in [0.717, 1.165) is 21.5 Å². The highest BCUT2D eigenvalue weighted by Gasteiger charge is 2.14. The van der Waals surface area contributed by atoms with Gasteiger partial charge in [-0.05, 0) is 18.2 Å². The average molecular weight is 322 g/mol. The molecule has 2 rings (SSSR count). The monoisotopic (exact) mass is 321 g/mol. The molecule has 0 amide bonds. The summed E-state index contributed by atoms with van der Waals surface area (Å²) in [7, 11) is 1.63. The number of methoxy groups -OCH3 is 1. The van der Waals surface area contributed by atoms with Crippen molar-refractivity contribution < 1.29 is 9.47 Å². The first kappa shape index (κ1) is 13.9. The van der Waals surface area contributed by atoms with Gasteiger partial charge in [-0.25, -0.2) is 0 Å². The van der Waals surface area contributed by atoms with E-state index in [0.29, 0.717) is 6.54 Å². The van der Waals surface area contributed by atoms with E-state index in [2.05, 4.69) is 15.9 Å². The molecule has 0 saturated carbocycles. The molecule has 0 heterocycles. The van der Waals surface area contributed by atoms with E-state index >= 15 is 0 Å². The molecule has 4 heteroatoms. The van der Waals surface area contributed by atoms with E-state index in [1.807, 2.05) is 48.5 Å². The molecule has 100 valence electrons. The molecule has 0 bridgehead atoms. The number of ether oxygens (including phenoxy) is 2. The Labute approximate surface area is 121 Å². The van der Waals surface area contributed by atoms with Crippen LogP contribution in [0.1, 0.15) is 11.7 Å². The maximum absolute atomic E-state index is 5.94. The topological polar surface area (TPSA) is 44.5 Å². The Bertz CT molecular complexity index is 545. The molecular weight excluding hydrogens is 306 g/mol. The fourth-order valence-corrected chi connectivity index (χ4v) is 2.35. The largest absolute Gasteiger partial charge is 0.497 e. The molecule has 2 N–H and O–H groups in total. The van der Waals surface area contributed by atoms with Gasteiger partial charge in [0.2, 0.25) is 0 Å². The van der Waals surface area contributed by atoms with Crippen molar-refractivity contribution in [1.82, 2.24) is 0 Å². The minimum atomic E-state index is -0.192. The number of halogens is 1. The predicted molar refractivity (Wildman–Crippen MR) is 79.6 cm³/mol. The maximum atomic E-state index is 5.94. The van der Waals surface area contributed by atoms with Crippen LogP contribution in [0.4, 0.5) is 0 Å². The highest BCUT2D eigenvalue weighted by atomic mass is 79.9. The second-order valence-corrected chi connectivity index (χ2v) is 4.90. The number of benzene rings is 2. The average Bonchev–Trinajstić information content (AvgIpc) is 2.46. The molecule has 0 spiro atoms. The van der Waals surface area contributed by atoms with Crippen molar-refractivity contribution in [2.45, 2.75) is 6.10 Å². The van der Waals surface area contributed by atoms with Crippen molar-refractivity contribution in [2.24, 2.45) is 5.73 Å². The van der Waals surface area contributed by atoms with Crippen molar-refractivity contribution >= 4 is 15.9 Å². The first-order valence-corrected chi connectivity index (χ1v) is 6.79. The van der Waals surface area contributed by atoms with Gasteiger partial charge in [0.15, 0.2) is 0 Å². The van der Waals surface area contributed by atoms with E-state index in [1.54, 1.807) is 7.11 Å². The summed E-state index contributed by atoms with van der Waals surface area (Å²) < 4.78 is 12.1. The summed E-state index contributed by atoms with van der Waals surface area (Å²) in [5.74, 6) is 1.51. The molecule has 0 aliphatic carbocycles. The Morgan fingerprint density at radius 1 is 1.11 bits per heavy atom. The van der Waals surface area contributed by atoms with Crippen LogP contribution in [0.2, 0.25) is 0 Å². The van der Waals surface area contributed by atoms with Crippen LogP contribution in [-0.4, -0.2) is 13.7 Å². The second-order valence-electron chi connectivity index (χ2n) is 4.04. The Kier molecular flexibility index (Phi) is 4.82. The minimum Gasteiger partial charge on any atom is -0.497 e. The van der Waals surface area contributed by atoms with Gasteiger partial charge in [-0.1, -0.05) is 40.2 Å². The van der Waals surface area contributed by atoms with Crippen LogP contribution < -0.4 is 15.2 Å². The molecule has 0 aliphatic heterocycles. The minimum absolute atomic E-state index is 0.192. The fourth-order valence-electron chi connectivity index (χ4n) is 1.81. The highest BCUT2D eigenvalue weighted by Crippen LogP contribution is 2.28. The zero-order valence-electron chi connectivity index (χ0n) is 10.7. The van der Waals surface area contributed by atoms with E-state index in [9.17, 15) is 0 Å². The lowest BCUT2D eigenvalue weighted by Crippen LogP contribution is -2.18. The highest BCUT2D eigenvalue weighted by molar-refractivity contribution is 9.10. The van der Waals surface area contributed by atoms with Gasteiger partial charge in [0, 0.05) is 22.6 Å². The maximum Gasteiger partial charge on any atom is 0.137 e. The lowest BCUT2D eigenvalue weighted by molar-refractivity contribution is 0.212. The summed E-state index contributed by atoms with van der Waals surface area (Å²) in [5, 5.41) is 0. The molecule has 0 aliphatic rings. The molecule has 0 aromatic heterocycles. The van der Waals surface area contributed by atoms with Gasteiger partial charge in [-0.2, -0.15) is 0 Å². The third-order valence-electron chi connectivity index (χ3n) is 2.79. The Hall–Kier alpha value is -1.52. The molecule has 0 fully saturated rings. The zero-order valence-corrected chi connectivity index (χ0v) is 12.3. The van der Waals surface area contributed by atoms with Gasteiger partial charge < -0.3 is 15.2 Å². The molecule has 1 unspecified atom stereocenters. The van der Waals surface area contributed by atoms with Crippen molar-refractivity contribution in [3.8, 4) is 11.5 Å². The Balaban J connectivity index is 2.21.